The molecule has 0 saturated carbocycles. The van der Waals surface area contributed by atoms with Gasteiger partial charge in [0.25, 0.3) is 6.21 Å². The van der Waals surface area contributed by atoms with Gasteiger partial charge in [0, 0.05) is 0 Å². The Morgan fingerprint density at radius 2 is 2.22 bits per heavy atom. The third-order valence-corrected chi connectivity index (χ3v) is 1.76. The van der Waals surface area contributed by atoms with Crippen LogP contribution in [0.25, 0.3) is 5.53 Å². The summed E-state index contributed by atoms with van der Waals surface area (Å²) < 4.78 is 19.3. The van der Waals surface area contributed by atoms with E-state index in [4.69, 9.17) is 5.53 Å². The molecule has 5 heteroatoms. The molecule has 4 nitrogen and oxygen atoms in total. The second-order valence-corrected chi connectivity index (χ2v) is 3.60. The minimum Gasteiger partial charge on any atom is -0.771 e. The van der Waals surface area contributed by atoms with Crippen LogP contribution in [0.5, 0.6) is 0 Å². The van der Waals surface area contributed by atoms with Crippen LogP contribution >= 0.6 is 0 Å². The van der Waals surface area contributed by atoms with Crippen molar-refractivity contribution in [3.8, 4) is 0 Å². The Morgan fingerprint density at radius 3 is 2.33 bits per heavy atom. The Balaban J connectivity index is 4.37. The Bertz CT molecular complexity index is 167. The molecule has 0 aliphatic heterocycles. The van der Waals surface area contributed by atoms with E-state index < -0.39 is 15.8 Å². The number of hydrogen-bond acceptors (Lipinski definition) is 2. The maximum Gasteiger partial charge on any atom is 0.274 e. The van der Waals surface area contributed by atoms with Crippen molar-refractivity contribution in [2.24, 2.45) is 0 Å². The summed E-state index contributed by atoms with van der Waals surface area (Å²) >= 11 is -2.24. The number of rotatable bonds is 2. The molecule has 0 aromatic heterocycles. The normalized spacial score (nSPS) is 14.1. The van der Waals surface area contributed by atoms with Crippen molar-refractivity contribution in [2.75, 3.05) is 0 Å². The molecule has 0 N–H and O–H groups in total. The molecule has 1 atom stereocenters. The van der Waals surface area contributed by atoms with Crippen molar-refractivity contribution < 1.29 is 13.6 Å². The quantitative estimate of drug-likeness (QED) is 0.237. The van der Waals surface area contributed by atoms with E-state index in [1.165, 1.54) is 13.8 Å². The predicted molar refractivity (Wildman–Crippen MR) is 32.7 cm³/mol. The molecule has 0 aromatic rings. The van der Waals surface area contributed by atoms with Crippen LogP contribution in [-0.2, 0) is 11.1 Å². The van der Waals surface area contributed by atoms with Gasteiger partial charge in [-0.25, -0.2) is 0 Å². The van der Waals surface area contributed by atoms with E-state index in [9.17, 15) is 8.76 Å². The first-order valence-corrected chi connectivity index (χ1v) is 3.36. The van der Waals surface area contributed by atoms with E-state index in [0.29, 0.717) is 0 Å². The first-order valence-electron chi connectivity index (χ1n) is 2.28. The summed E-state index contributed by atoms with van der Waals surface area (Å²) in [7, 11) is 0. The zero-order valence-electron chi connectivity index (χ0n) is 5.20. The van der Waals surface area contributed by atoms with Gasteiger partial charge in [-0.3, -0.25) is 4.21 Å². The molecule has 9 heavy (non-hydrogen) atoms. The highest BCUT2D eigenvalue weighted by Gasteiger charge is 2.20. The minimum atomic E-state index is -2.24. The van der Waals surface area contributed by atoms with Crippen LogP contribution in [0.2, 0.25) is 0 Å². The average Bonchev–Trinajstić information content (AvgIpc) is 1.65. The lowest BCUT2D eigenvalue weighted by Gasteiger charge is -2.16. The van der Waals surface area contributed by atoms with Gasteiger partial charge >= 0.3 is 0 Å². The average molecular weight is 147 g/mol. The van der Waals surface area contributed by atoms with Crippen LogP contribution in [0, 0.1) is 0 Å². The Labute approximate surface area is 55.8 Å². The fourth-order valence-electron chi connectivity index (χ4n) is 0.182. The van der Waals surface area contributed by atoms with Gasteiger partial charge in [0.15, 0.2) is 0 Å². The predicted octanol–water partition coefficient (Wildman–Crippen LogP) is -0.0553. The molecular weight excluding hydrogens is 140 g/mol. The van der Waals surface area contributed by atoms with Crippen LogP contribution in [0.3, 0.4) is 0 Å². The summed E-state index contributed by atoms with van der Waals surface area (Å²) in [6.07, 6.45) is 0.954. The molecule has 1 unspecified atom stereocenters. The molecule has 0 fully saturated rings. The highest BCUT2D eigenvalue weighted by atomic mass is 32.2. The molecule has 0 rings (SSSR count). The van der Waals surface area contributed by atoms with E-state index in [0.717, 1.165) is 6.21 Å². The third-order valence-electron chi connectivity index (χ3n) is 0.798. The molecule has 0 aliphatic carbocycles. The summed E-state index contributed by atoms with van der Waals surface area (Å²) in [5.41, 5.74) is 7.95. The highest BCUT2D eigenvalue weighted by molar-refractivity contribution is 7.81. The van der Waals surface area contributed by atoms with Gasteiger partial charge < -0.3 is 10.1 Å². The molecular formula is C4H7N2O2S-. The van der Waals surface area contributed by atoms with E-state index in [1.807, 2.05) is 0 Å². The van der Waals surface area contributed by atoms with Gasteiger partial charge in [0.2, 0.25) is 0 Å². The summed E-state index contributed by atoms with van der Waals surface area (Å²) in [4.78, 5) is 2.61. The van der Waals surface area contributed by atoms with Crippen molar-refractivity contribution in [1.29, 1.82) is 0 Å². The molecule has 0 bridgehead atoms. The first-order chi connectivity index (χ1) is 4.00. The topological polar surface area (TPSA) is 76.5 Å². The van der Waals surface area contributed by atoms with Gasteiger partial charge in [-0.15, -0.1) is 0 Å². The maximum absolute atomic E-state index is 10.2. The molecule has 0 aliphatic rings. The van der Waals surface area contributed by atoms with Crippen molar-refractivity contribution in [2.45, 2.75) is 18.6 Å². The van der Waals surface area contributed by atoms with Crippen LogP contribution in [0.15, 0.2) is 0 Å². The van der Waals surface area contributed by atoms with Gasteiger partial charge in [0.05, 0.1) is 0 Å². The van der Waals surface area contributed by atoms with Gasteiger partial charge in [0.1, 0.15) is 4.75 Å². The smallest absolute Gasteiger partial charge is 0.274 e. The first kappa shape index (κ1) is 8.49. The molecule has 52 valence electrons. The van der Waals surface area contributed by atoms with Crippen LogP contribution in [0.1, 0.15) is 13.8 Å². The monoisotopic (exact) mass is 147 g/mol. The van der Waals surface area contributed by atoms with Gasteiger partial charge in [-0.2, -0.15) is 4.79 Å². The third kappa shape index (κ3) is 2.51. The van der Waals surface area contributed by atoms with E-state index >= 15 is 0 Å². The van der Waals surface area contributed by atoms with E-state index in [1.54, 1.807) is 0 Å². The van der Waals surface area contributed by atoms with Crippen LogP contribution in [0.4, 0.5) is 0 Å². The molecule has 0 amide bonds. The lowest BCUT2D eigenvalue weighted by molar-refractivity contribution is -0.000967. The fraction of sp³-hybridized carbons (Fsp3) is 0.750. The second kappa shape index (κ2) is 2.87. The van der Waals surface area contributed by atoms with Gasteiger partial charge in [-0.05, 0) is 24.9 Å². The van der Waals surface area contributed by atoms with Crippen molar-refractivity contribution in [3.63, 3.8) is 0 Å². The number of nitrogens with zero attached hydrogens (tertiary/aromatic N) is 2. The summed E-state index contributed by atoms with van der Waals surface area (Å²) in [5.74, 6) is 0. The lowest BCUT2D eigenvalue weighted by Crippen LogP contribution is -2.28. The molecule has 0 heterocycles. The zero-order valence-corrected chi connectivity index (χ0v) is 6.01. The number of hydrogen-bond donors (Lipinski definition) is 0. The molecule has 0 aromatic carbocycles. The fourth-order valence-corrected chi connectivity index (χ4v) is 0.315. The Kier molecular flexibility index (Phi) is 2.70. The largest absolute Gasteiger partial charge is 0.771 e. The molecule has 0 radical (unpaired) electrons. The van der Waals surface area contributed by atoms with Crippen molar-refractivity contribution in [3.05, 3.63) is 5.53 Å². The van der Waals surface area contributed by atoms with E-state index in [2.05, 4.69) is 4.79 Å². The summed E-state index contributed by atoms with van der Waals surface area (Å²) in [6, 6.07) is 0. The van der Waals surface area contributed by atoms with Crippen LogP contribution < -0.4 is 0 Å². The zero-order chi connectivity index (χ0) is 7.49. The SMILES string of the molecule is CC(C)(C=[N+]=[N-])S(=O)[O-]. The minimum absolute atomic E-state index is 0.954. The van der Waals surface area contributed by atoms with Crippen LogP contribution in [-0.4, -0.2) is 24.5 Å². The molecule has 0 saturated heterocycles. The second-order valence-electron chi connectivity index (χ2n) is 2.08. The maximum atomic E-state index is 10.2. The van der Waals surface area contributed by atoms with Crippen molar-refractivity contribution in [1.82, 2.24) is 0 Å². The van der Waals surface area contributed by atoms with Gasteiger partial charge in [-0.1, -0.05) is 0 Å². The Morgan fingerprint density at radius 1 is 1.78 bits per heavy atom. The summed E-state index contributed by atoms with van der Waals surface area (Å²) in [6.45, 7) is 2.85. The molecule has 0 spiro atoms. The lowest BCUT2D eigenvalue weighted by atomic mass is 10.2. The summed E-state index contributed by atoms with van der Waals surface area (Å²) in [5, 5.41) is 0. The van der Waals surface area contributed by atoms with E-state index in [-0.39, 0.29) is 0 Å². The van der Waals surface area contributed by atoms with Crippen molar-refractivity contribution >= 4 is 17.3 Å². The highest BCUT2D eigenvalue weighted by Crippen LogP contribution is 2.04. The Hall–Kier alpha value is -0.510. The standard InChI is InChI=1S/C4H8N2O2S/c1-4(2,3-6-5)9(7)8/h3H,1-2H3,(H,7,8)/p-1.